The van der Waals surface area contributed by atoms with E-state index < -0.39 is 5.91 Å². The van der Waals surface area contributed by atoms with Crippen molar-refractivity contribution in [2.45, 2.75) is 37.0 Å². The summed E-state index contributed by atoms with van der Waals surface area (Å²) in [6.07, 6.45) is 12.6. The van der Waals surface area contributed by atoms with Crippen molar-refractivity contribution in [1.82, 2.24) is 29.9 Å². The number of nitrogens with zero attached hydrogens (tertiary/aromatic N) is 6. The average Bonchev–Trinajstić information content (AvgIpc) is 2.91. The van der Waals surface area contributed by atoms with Gasteiger partial charge in [0.2, 0.25) is 0 Å². The van der Waals surface area contributed by atoms with Gasteiger partial charge in [0.25, 0.3) is 5.91 Å². The monoisotopic (exact) mass is 499 g/mol. The largest absolute Gasteiger partial charge is 0.365 e. The minimum atomic E-state index is -0.685. The second kappa shape index (κ2) is 10.6. The van der Waals surface area contributed by atoms with Gasteiger partial charge in [-0.3, -0.25) is 4.79 Å². The maximum absolute atomic E-state index is 12.1. The summed E-state index contributed by atoms with van der Waals surface area (Å²) in [5.74, 6) is 1.17. The summed E-state index contributed by atoms with van der Waals surface area (Å²) in [5, 5.41) is 6.86. The molecule has 182 valence electrons. The molecule has 4 aromatic rings. The molecule has 2 unspecified atom stereocenters. The molecular weight excluding hydrogens is 474 g/mol. The first-order chi connectivity index (χ1) is 17.6. The molecule has 3 aromatic heterocycles. The van der Waals surface area contributed by atoms with Gasteiger partial charge in [-0.1, -0.05) is 12.8 Å². The molecule has 1 aliphatic carbocycles. The molecule has 1 aliphatic rings. The number of primary amides is 1. The molecule has 36 heavy (non-hydrogen) atoms. The molecular formula is C25H25N9OS. The number of hydrogen-bond donors (Lipinski definition) is 4. The van der Waals surface area contributed by atoms with Gasteiger partial charge in [-0.2, -0.15) is 12.6 Å². The molecule has 0 radical (unpaired) electrons. The Labute approximate surface area is 213 Å². The van der Waals surface area contributed by atoms with Crippen molar-refractivity contribution in [3.05, 3.63) is 67.0 Å². The fourth-order valence-electron chi connectivity index (χ4n) is 4.19. The van der Waals surface area contributed by atoms with Crippen molar-refractivity contribution in [1.29, 1.82) is 0 Å². The molecule has 0 saturated heterocycles. The summed E-state index contributed by atoms with van der Waals surface area (Å²) in [6, 6.07) is 9.30. The summed E-state index contributed by atoms with van der Waals surface area (Å²) in [7, 11) is 0. The fourth-order valence-corrected chi connectivity index (χ4v) is 4.59. The summed E-state index contributed by atoms with van der Waals surface area (Å²) >= 11 is 4.71. The lowest BCUT2D eigenvalue weighted by molar-refractivity contribution is 0.0996. The summed E-state index contributed by atoms with van der Waals surface area (Å²) in [5.41, 5.74) is 7.75. The molecule has 10 nitrogen and oxygen atoms in total. The van der Waals surface area contributed by atoms with E-state index >= 15 is 0 Å². The first kappa shape index (κ1) is 23.6. The highest BCUT2D eigenvalue weighted by Crippen LogP contribution is 2.30. The lowest BCUT2D eigenvalue weighted by atomic mass is 9.95. The van der Waals surface area contributed by atoms with E-state index in [1.165, 1.54) is 12.6 Å². The third-order valence-electron chi connectivity index (χ3n) is 5.91. The SMILES string of the molecule is NC(=O)c1ncc(NC2CCCCC2S)nc1Nc1cc(-c2ncccn2)cc(-c2ncccn2)c1. The van der Waals surface area contributed by atoms with Crippen LogP contribution < -0.4 is 16.4 Å². The fraction of sp³-hybridized carbons (Fsp3) is 0.240. The number of rotatable bonds is 7. The van der Waals surface area contributed by atoms with Gasteiger partial charge in [0, 0.05) is 52.9 Å². The average molecular weight is 500 g/mol. The van der Waals surface area contributed by atoms with E-state index in [-0.39, 0.29) is 22.8 Å². The number of hydrogen-bond acceptors (Lipinski definition) is 10. The quantitative estimate of drug-likeness (QED) is 0.278. The van der Waals surface area contributed by atoms with E-state index in [1.54, 1.807) is 36.9 Å². The third kappa shape index (κ3) is 5.41. The normalized spacial score (nSPS) is 17.4. The number of nitrogens with two attached hydrogens (primary N) is 1. The molecule has 0 bridgehead atoms. The minimum absolute atomic E-state index is 0.0329. The van der Waals surface area contributed by atoms with E-state index in [1.807, 2.05) is 18.2 Å². The topological polar surface area (TPSA) is 144 Å². The van der Waals surface area contributed by atoms with Crippen molar-refractivity contribution in [3.8, 4) is 22.8 Å². The second-order valence-corrected chi connectivity index (χ2v) is 9.15. The van der Waals surface area contributed by atoms with Gasteiger partial charge in [-0.15, -0.1) is 0 Å². The van der Waals surface area contributed by atoms with Crippen LogP contribution in [0.3, 0.4) is 0 Å². The number of anilines is 3. The van der Waals surface area contributed by atoms with Gasteiger partial charge in [0.05, 0.1) is 6.20 Å². The zero-order valence-electron chi connectivity index (χ0n) is 19.4. The van der Waals surface area contributed by atoms with Crippen molar-refractivity contribution in [2.75, 3.05) is 10.6 Å². The lowest BCUT2D eigenvalue weighted by Crippen LogP contribution is -2.33. The predicted octanol–water partition coefficient (Wildman–Crippen LogP) is 3.89. The number of thiol groups is 1. The van der Waals surface area contributed by atoms with Crippen LogP contribution >= 0.6 is 12.6 Å². The smallest absolute Gasteiger partial charge is 0.271 e. The van der Waals surface area contributed by atoms with Gasteiger partial charge < -0.3 is 16.4 Å². The minimum Gasteiger partial charge on any atom is -0.365 e. The molecule has 2 atom stereocenters. The van der Waals surface area contributed by atoms with Gasteiger partial charge in [-0.05, 0) is 43.2 Å². The van der Waals surface area contributed by atoms with Crippen LogP contribution in [-0.2, 0) is 0 Å². The lowest BCUT2D eigenvalue weighted by Gasteiger charge is -2.29. The van der Waals surface area contributed by atoms with Crippen molar-refractivity contribution in [2.24, 2.45) is 5.73 Å². The maximum Gasteiger partial charge on any atom is 0.271 e. The molecule has 1 fully saturated rings. The van der Waals surface area contributed by atoms with Crippen LogP contribution in [0.1, 0.15) is 36.2 Å². The third-order valence-corrected chi connectivity index (χ3v) is 6.53. The Morgan fingerprint density at radius 1 is 0.889 bits per heavy atom. The number of nitrogens with one attached hydrogen (secondary N) is 2. The summed E-state index contributed by atoms with van der Waals surface area (Å²) < 4.78 is 0. The second-order valence-electron chi connectivity index (χ2n) is 8.49. The van der Waals surface area contributed by atoms with Crippen LogP contribution in [0, 0.1) is 0 Å². The molecule has 0 spiro atoms. The number of amides is 1. The molecule has 11 heteroatoms. The van der Waals surface area contributed by atoms with Gasteiger partial charge in [-0.25, -0.2) is 29.9 Å². The Morgan fingerprint density at radius 2 is 1.50 bits per heavy atom. The van der Waals surface area contributed by atoms with Gasteiger partial charge in [0.15, 0.2) is 23.2 Å². The van der Waals surface area contributed by atoms with Crippen molar-refractivity contribution < 1.29 is 4.79 Å². The maximum atomic E-state index is 12.1. The molecule has 1 aromatic carbocycles. The Balaban J connectivity index is 1.52. The Kier molecular flexibility index (Phi) is 6.99. The number of carbonyl (C=O) groups excluding carboxylic acids is 1. The van der Waals surface area contributed by atoms with E-state index in [0.29, 0.717) is 23.2 Å². The van der Waals surface area contributed by atoms with Crippen LogP contribution in [0.15, 0.2) is 61.3 Å². The summed E-state index contributed by atoms with van der Waals surface area (Å²) in [4.78, 5) is 38.5. The highest BCUT2D eigenvalue weighted by molar-refractivity contribution is 7.81. The Morgan fingerprint density at radius 3 is 2.08 bits per heavy atom. The van der Waals surface area contributed by atoms with E-state index in [4.69, 9.17) is 18.4 Å². The van der Waals surface area contributed by atoms with Crippen molar-refractivity contribution in [3.63, 3.8) is 0 Å². The molecule has 1 amide bonds. The molecule has 1 saturated carbocycles. The predicted molar refractivity (Wildman–Crippen MR) is 141 cm³/mol. The molecule has 0 aliphatic heterocycles. The van der Waals surface area contributed by atoms with Gasteiger partial charge in [0.1, 0.15) is 5.82 Å². The van der Waals surface area contributed by atoms with E-state index in [2.05, 4.69) is 40.5 Å². The van der Waals surface area contributed by atoms with Crippen LogP contribution in [-0.4, -0.2) is 47.1 Å². The van der Waals surface area contributed by atoms with Crippen molar-refractivity contribution >= 4 is 35.9 Å². The molecule has 3 heterocycles. The zero-order valence-corrected chi connectivity index (χ0v) is 20.3. The van der Waals surface area contributed by atoms with Crippen LogP contribution in [0.5, 0.6) is 0 Å². The Bertz CT molecular complexity index is 1300. The van der Waals surface area contributed by atoms with Crippen LogP contribution in [0.25, 0.3) is 22.8 Å². The van der Waals surface area contributed by atoms with Crippen LogP contribution in [0.2, 0.25) is 0 Å². The van der Waals surface area contributed by atoms with Gasteiger partial charge >= 0.3 is 0 Å². The molecule has 4 N–H and O–H groups in total. The first-order valence-electron chi connectivity index (χ1n) is 11.6. The highest BCUT2D eigenvalue weighted by Gasteiger charge is 2.23. The first-order valence-corrected chi connectivity index (χ1v) is 12.2. The summed E-state index contributed by atoms with van der Waals surface area (Å²) in [6.45, 7) is 0. The number of benzene rings is 1. The van der Waals surface area contributed by atoms with Crippen LogP contribution in [0.4, 0.5) is 17.3 Å². The number of aromatic nitrogens is 6. The zero-order chi connectivity index (χ0) is 24.9. The standard InChI is InChI=1S/C25H25N9OS/c26-22(35)21-25(34-20(14-31-21)33-18-5-1-2-6-19(18)36)32-17-12-15(23-27-7-3-8-28-23)11-16(13-17)24-29-9-4-10-30-24/h3-4,7-14,18-19,36H,1-2,5-6H2,(H2,26,35)(H2,32,33,34). The highest BCUT2D eigenvalue weighted by atomic mass is 32.1. The van der Waals surface area contributed by atoms with E-state index in [9.17, 15) is 4.79 Å². The number of carbonyl (C=O) groups is 1. The molecule has 5 rings (SSSR count). The Hall–Kier alpha value is -4.12. The van der Waals surface area contributed by atoms with E-state index in [0.717, 1.165) is 30.4 Å².